The second kappa shape index (κ2) is 4.37. The number of fused-ring (bicyclic) bond motifs is 1. The Balaban J connectivity index is 2.37. The van der Waals surface area contributed by atoms with Crippen LogP contribution in [0, 0.1) is 5.92 Å². The van der Waals surface area contributed by atoms with Crippen molar-refractivity contribution < 1.29 is 13.2 Å². The van der Waals surface area contributed by atoms with E-state index in [0.717, 1.165) is 18.3 Å². The van der Waals surface area contributed by atoms with Crippen LogP contribution in [0.1, 0.15) is 19.4 Å². The van der Waals surface area contributed by atoms with Crippen LogP contribution < -0.4 is 10.2 Å². The molecule has 1 aliphatic rings. The van der Waals surface area contributed by atoms with Crippen molar-refractivity contribution in [2.45, 2.75) is 26.1 Å². The number of hydrogen-bond donors (Lipinski definition) is 1. The lowest BCUT2D eigenvalue weighted by molar-refractivity contribution is -0.137. The van der Waals surface area contributed by atoms with E-state index in [2.05, 4.69) is 19.2 Å². The number of hydrogen-bond acceptors (Lipinski definition) is 2. The van der Waals surface area contributed by atoms with Crippen molar-refractivity contribution in [2.75, 3.05) is 23.8 Å². The summed E-state index contributed by atoms with van der Waals surface area (Å²) in [5.41, 5.74) is 0.781. The van der Waals surface area contributed by atoms with Crippen molar-refractivity contribution in [3.05, 3.63) is 23.8 Å². The van der Waals surface area contributed by atoms with Crippen LogP contribution in [0.15, 0.2) is 18.2 Å². The lowest BCUT2D eigenvalue weighted by Gasteiger charge is -2.37. The Bertz CT molecular complexity index is 440. The summed E-state index contributed by atoms with van der Waals surface area (Å²) in [6, 6.07) is 4.03. The fraction of sp³-hybridized carbons (Fsp3) is 0.538. The number of likely N-dealkylation sites (N-methyl/N-ethyl adjacent to an activating group) is 1. The van der Waals surface area contributed by atoms with Gasteiger partial charge in [-0.25, -0.2) is 0 Å². The van der Waals surface area contributed by atoms with Gasteiger partial charge >= 0.3 is 6.18 Å². The number of benzene rings is 1. The van der Waals surface area contributed by atoms with Crippen LogP contribution in [0.5, 0.6) is 0 Å². The summed E-state index contributed by atoms with van der Waals surface area (Å²) in [7, 11) is 1.91. The lowest BCUT2D eigenvalue weighted by Crippen LogP contribution is -2.42. The number of alkyl halides is 3. The van der Waals surface area contributed by atoms with Crippen molar-refractivity contribution in [1.82, 2.24) is 0 Å². The molecule has 1 unspecified atom stereocenters. The van der Waals surface area contributed by atoms with Gasteiger partial charge in [0.25, 0.3) is 0 Å². The van der Waals surface area contributed by atoms with Gasteiger partial charge in [0.2, 0.25) is 0 Å². The molecule has 0 saturated heterocycles. The number of rotatable bonds is 1. The molecule has 1 aliphatic heterocycles. The van der Waals surface area contributed by atoms with Crippen LogP contribution in [-0.2, 0) is 6.18 Å². The fourth-order valence-corrected chi connectivity index (χ4v) is 2.18. The summed E-state index contributed by atoms with van der Waals surface area (Å²) in [6.45, 7) is 4.92. The zero-order chi connectivity index (χ0) is 13.5. The van der Waals surface area contributed by atoms with E-state index in [1.807, 2.05) is 11.9 Å². The third-order valence-corrected chi connectivity index (χ3v) is 3.35. The predicted molar refractivity (Wildman–Crippen MR) is 67.0 cm³/mol. The summed E-state index contributed by atoms with van der Waals surface area (Å²) in [6.07, 6.45) is -4.29. The minimum absolute atomic E-state index is 0.172. The lowest BCUT2D eigenvalue weighted by atomic mass is 9.99. The largest absolute Gasteiger partial charge is 0.416 e. The Morgan fingerprint density at radius 3 is 2.56 bits per heavy atom. The maximum absolute atomic E-state index is 12.7. The van der Waals surface area contributed by atoms with E-state index >= 15 is 0 Å². The first-order valence-corrected chi connectivity index (χ1v) is 5.98. The third-order valence-electron chi connectivity index (χ3n) is 3.35. The molecule has 0 aliphatic carbocycles. The van der Waals surface area contributed by atoms with Gasteiger partial charge in [0.05, 0.1) is 16.9 Å². The number of nitrogens with zero attached hydrogens (tertiary/aromatic N) is 1. The standard InChI is InChI=1S/C13H17F3N2/c1-8(2)11-7-18(3)12-5-4-9(13(14,15)16)6-10(12)17-11/h4-6,8,11,17H,7H2,1-3H3. The molecule has 0 radical (unpaired) electrons. The smallest absolute Gasteiger partial charge is 0.379 e. The highest BCUT2D eigenvalue weighted by molar-refractivity contribution is 5.73. The molecule has 0 amide bonds. The SMILES string of the molecule is CC(C)C1CN(C)c2ccc(C(F)(F)F)cc2N1. The molecule has 0 bridgehead atoms. The average molecular weight is 258 g/mol. The van der Waals surface area contributed by atoms with Gasteiger partial charge in [-0.3, -0.25) is 0 Å². The van der Waals surface area contributed by atoms with Gasteiger partial charge in [0, 0.05) is 19.6 Å². The summed E-state index contributed by atoms with van der Waals surface area (Å²) in [5, 5.41) is 3.20. The zero-order valence-corrected chi connectivity index (χ0v) is 10.7. The van der Waals surface area contributed by atoms with Gasteiger partial charge in [-0.2, -0.15) is 13.2 Å². The predicted octanol–water partition coefficient (Wildman–Crippen LogP) is 3.59. The Morgan fingerprint density at radius 1 is 1.33 bits per heavy atom. The van der Waals surface area contributed by atoms with Crippen molar-refractivity contribution in [2.24, 2.45) is 5.92 Å². The molecule has 1 aromatic rings. The van der Waals surface area contributed by atoms with E-state index in [1.54, 1.807) is 0 Å². The zero-order valence-electron chi connectivity index (χ0n) is 10.7. The van der Waals surface area contributed by atoms with E-state index in [1.165, 1.54) is 12.1 Å². The van der Waals surface area contributed by atoms with E-state index in [9.17, 15) is 13.2 Å². The van der Waals surface area contributed by atoms with Crippen LogP contribution >= 0.6 is 0 Å². The highest BCUT2D eigenvalue weighted by atomic mass is 19.4. The third kappa shape index (κ3) is 2.40. The highest BCUT2D eigenvalue weighted by Crippen LogP contribution is 2.37. The molecule has 100 valence electrons. The van der Waals surface area contributed by atoms with Crippen molar-refractivity contribution in [1.29, 1.82) is 0 Å². The topological polar surface area (TPSA) is 15.3 Å². The summed E-state index contributed by atoms with van der Waals surface area (Å²) in [4.78, 5) is 2.00. The van der Waals surface area contributed by atoms with Crippen molar-refractivity contribution >= 4 is 11.4 Å². The molecule has 1 aromatic carbocycles. The van der Waals surface area contributed by atoms with E-state index < -0.39 is 11.7 Å². The van der Waals surface area contributed by atoms with E-state index in [4.69, 9.17) is 0 Å². The molecular formula is C13H17F3N2. The molecule has 2 rings (SSSR count). The monoisotopic (exact) mass is 258 g/mol. The summed E-state index contributed by atoms with van der Waals surface area (Å²) in [5.74, 6) is 0.371. The molecule has 1 N–H and O–H groups in total. The molecular weight excluding hydrogens is 241 g/mol. The van der Waals surface area contributed by atoms with E-state index in [0.29, 0.717) is 11.6 Å². The number of halogens is 3. The Kier molecular flexibility index (Phi) is 3.17. The van der Waals surface area contributed by atoms with Crippen molar-refractivity contribution in [3.8, 4) is 0 Å². The summed E-state index contributed by atoms with van der Waals surface area (Å²) < 4.78 is 38.0. The molecule has 1 heterocycles. The Hall–Kier alpha value is -1.39. The Morgan fingerprint density at radius 2 is 2.00 bits per heavy atom. The minimum Gasteiger partial charge on any atom is -0.379 e. The van der Waals surface area contributed by atoms with Gasteiger partial charge in [0.15, 0.2) is 0 Å². The quantitative estimate of drug-likeness (QED) is 0.828. The van der Waals surface area contributed by atoms with E-state index in [-0.39, 0.29) is 6.04 Å². The first-order valence-electron chi connectivity index (χ1n) is 5.98. The van der Waals surface area contributed by atoms with Crippen LogP contribution in [0.3, 0.4) is 0 Å². The summed E-state index contributed by atoms with van der Waals surface area (Å²) >= 11 is 0. The first kappa shape index (κ1) is 13.1. The first-order chi connectivity index (χ1) is 8.29. The maximum Gasteiger partial charge on any atom is 0.416 e. The normalized spacial score (nSPS) is 19.7. The second-order valence-corrected chi connectivity index (χ2v) is 5.11. The molecule has 2 nitrogen and oxygen atoms in total. The number of anilines is 2. The van der Waals surface area contributed by atoms with Gasteiger partial charge in [0.1, 0.15) is 0 Å². The van der Waals surface area contributed by atoms with Crippen molar-refractivity contribution in [3.63, 3.8) is 0 Å². The fourth-order valence-electron chi connectivity index (χ4n) is 2.18. The molecule has 0 aromatic heterocycles. The molecule has 18 heavy (non-hydrogen) atoms. The average Bonchev–Trinajstić information content (AvgIpc) is 2.26. The molecule has 1 atom stereocenters. The van der Waals surface area contributed by atoms with Crippen LogP contribution in [0.2, 0.25) is 0 Å². The minimum atomic E-state index is -4.29. The molecule has 0 fully saturated rings. The van der Waals surface area contributed by atoms with Gasteiger partial charge in [-0.1, -0.05) is 13.8 Å². The second-order valence-electron chi connectivity index (χ2n) is 5.11. The van der Waals surface area contributed by atoms with Gasteiger partial charge in [-0.05, 0) is 24.1 Å². The van der Waals surface area contributed by atoms with Crippen LogP contribution in [0.25, 0.3) is 0 Å². The van der Waals surface area contributed by atoms with Gasteiger partial charge in [-0.15, -0.1) is 0 Å². The molecule has 5 heteroatoms. The molecule has 0 saturated carbocycles. The number of nitrogens with one attached hydrogen (secondary N) is 1. The molecule has 0 spiro atoms. The van der Waals surface area contributed by atoms with Crippen LogP contribution in [0.4, 0.5) is 24.5 Å². The van der Waals surface area contributed by atoms with Gasteiger partial charge < -0.3 is 10.2 Å². The highest BCUT2D eigenvalue weighted by Gasteiger charge is 2.32. The maximum atomic E-state index is 12.7. The Labute approximate surface area is 105 Å². The van der Waals surface area contributed by atoms with Crippen LogP contribution in [-0.4, -0.2) is 19.6 Å².